The zero-order valence-electron chi connectivity index (χ0n) is 14.3. The molecule has 0 spiro atoms. The van der Waals surface area contributed by atoms with Crippen molar-refractivity contribution >= 4 is 31.6 Å². The van der Waals surface area contributed by atoms with Gasteiger partial charge in [0.1, 0.15) is 21.3 Å². The van der Waals surface area contributed by atoms with Gasteiger partial charge >= 0.3 is 20.2 Å². The predicted molar refractivity (Wildman–Crippen MR) is 104 cm³/mol. The van der Waals surface area contributed by atoms with Gasteiger partial charge < -0.3 is 19.8 Å². The molecule has 0 bridgehead atoms. The van der Waals surface area contributed by atoms with Gasteiger partial charge in [-0.1, -0.05) is 0 Å². The first-order valence-electron chi connectivity index (χ1n) is 7.86. The summed E-state index contributed by atoms with van der Waals surface area (Å²) >= 11 is 0. The van der Waals surface area contributed by atoms with E-state index < -0.39 is 20.2 Å². The second-order valence-corrected chi connectivity index (χ2v) is 8.78. The van der Waals surface area contributed by atoms with Crippen LogP contribution in [0.3, 0.4) is 0 Å². The first-order chi connectivity index (χ1) is 13.2. The van der Waals surface area contributed by atoms with Gasteiger partial charge in [-0.2, -0.15) is 16.8 Å². The third-order valence-electron chi connectivity index (χ3n) is 3.57. The van der Waals surface area contributed by atoms with E-state index in [1.54, 1.807) is 0 Å². The Balaban J connectivity index is 1.79. The van der Waals surface area contributed by atoms with Crippen LogP contribution >= 0.6 is 0 Å². The van der Waals surface area contributed by atoms with E-state index in [-0.39, 0.29) is 21.3 Å². The third kappa shape index (κ3) is 4.53. The van der Waals surface area contributed by atoms with Gasteiger partial charge in [-0.3, -0.25) is 0 Å². The minimum atomic E-state index is -4.14. The molecule has 0 atom stereocenters. The highest BCUT2D eigenvalue weighted by Gasteiger charge is 2.21. The number of anilines is 2. The number of hydrogen-bond donors (Lipinski definition) is 2. The lowest BCUT2D eigenvalue weighted by atomic mass is 10.3. The molecule has 0 aliphatic rings. The molecule has 3 aromatic carbocycles. The average Bonchev–Trinajstić information content (AvgIpc) is 2.65. The summed E-state index contributed by atoms with van der Waals surface area (Å²) in [6, 6.07) is 16.1. The van der Waals surface area contributed by atoms with Crippen LogP contribution in [0.1, 0.15) is 0 Å². The molecule has 4 N–H and O–H groups in total. The van der Waals surface area contributed by atoms with Crippen molar-refractivity contribution in [1.82, 2.24) is 0 Å². The highest BCUT2D eigenvalue weighted by atomic mass is 32.2. The number of nitrogen functional groups attached to an aromatic ring is 2. The molecular formula is C18H16N2O6S2. The Labute approximate surface area is 162 Å². The van der Waals surface area contributed by atoms with Crippen molar-refractivity contribution in [2.24, 2.45) is 0 Å². The number of hydrogen-bond acceptors (Lipinski definition) is 8. The molecule has 3 aromatic rings. The normalized spacial score (nSPS) is 11.7. The van der Waals surface area contributed by atoms with Crippen LogP contribution < -0.4 is 19.8 Å². The predicted octanol–water partition coefficient (Wildman–Crippen LogP) is 2.39. The first kappa shape index (κ1) is 19.5. The lowest BCUT2D eigenvalue weighted by Crippen LogP contribution is -2.12. The molecule has 0 unspecified atom stereocenters. The van der Waals surface area contributed by atoms with Gasteiger partial charge in [0.25, 0.3) is 0 Å². The molecule has 28 heavy (non-hydrogen) atoms. The molecule has 0 aliphatic heterocycles. The Hall–Kier alpha value is -3.24. The SMILES string of the molecule is Nc1ccc(OS(=O)(=O)c2ccc(S(=O)(=O)Oc3ccc(N)cc3)cc2)cc1. The van der Waals surface area contributed by atoms with E-state index >= 15 is 0 Å². The summed E-state index contributed by atoms with van der Waals surface area (Å²) in [5, 5.41) is 0. The topological polar surface area (TPSA) is 139 Å². The van der Waals surface area contributed by atoms with Crippen LogP contribution in [0.15, 0.2) is 82.6 Å². The Morgan fingerprint density at radius 3 is 1.07 bits per heavy atom. The maximum Gasteiger partial charge on any atom is 0.339 e. The second-order valence-electron chi connectivity index (χ2n) is 5.68. The van der Waals surface area contributed by atoms with E-state index in [1.165, 1.54) is 48.5 Å². The monoisotopic (exact) mass is 420 g/mol. The first-order valence-corrected chi connectivity index (χ1v) is 10.7. The molecule has 0 radical (unpaired) electrons. The van der Waals surface area contributed by atoms with Gasteiger partial charge in [-0.25, -0.2) is 0 Å². The van der Waals surface area contributed by atoms with Crippen molar-refractivity contribution in [1.29, 1.82) is 0 Å². The van der Waals surface area contributed by atoms with E-state index in [9.17, 15) is 16.8 Å². The van der Waals surface area contributed by atoms with Crippen LogP contribution in [0, 0.1) is 0 Å². The molecule has 0 heterocycles. The Kier molecular flexibility index (Phi) is 5.16. The molecule has 3 rings (SSSR count). The Morgan fingerprint density at radius 1 is 0.500 bits per heavy atom. The maximum atomic E-state index is 12.3. The molecule has 8 nitrogen and oxygen atoms in total. The Morgan fingerprint density at radius 2 is 0.786 bits per heavy atom. The van der Waals surface area contributed by atoms with Gasteiger partial charge in [0, 0.05) is 11.4 Å². The summed E-state index contributed by atoms with van der Waals surface area (Å²) in [7, 11) is -8.28. The zero-order valence-corrected chi connectivity index (χ0v) is 16.0. The number of benzene rings is 3. The molecule has 0 saturated heterocycles. The van der Waals surface area contributed by atoms with Crippen molar-refractivity contribution in [2.75, 3.05) is 11.5 Å². The van der Waals surface area contributed by atoms with Gasteiger partial charge in [0.2, 0.25) is 0 Å². The lowest BCUT2D eigenvalue weighted by molar-refractivity contribution is 0.482. The van der Waals surface area contributed by atoms with Crippen LogP contribution in [-0.4, -0.2) is 16.8 Å². The summed E-state index contributed by atoms with van der Waals surface area (Å²) < 4.78 is 59.3. The third-order valence-corrected chi connectivity index (χ3v) is 6.10. The van der Waals surface area contributed by atoms with Gasteiger partial charge in [-0.15, -0.1) is 0 Å². The quantitative estimate of drug-likeness (QED) is 0.458. The summed E-state index contributed by atoms with van der Waals surface area (Å²) in [6.07, 6.45) is 0. The molecule has 0 amide bonds. The molecule has 10 heteroatoms. The molecular weight excluding hydrogens is 404 g/mol. The molecule has 0 fully saturated rings. The molecule has 146 valence electrons. The minimum Gasteiger partial charge on any atom is -0.399 e. The van der Waals surface area contributed by atoms with Crippen molar-refractivity contribution in [3.8, 4) is 11.5 Å². The van der Waals surface area contributed by atoms with Crippen LogP contribution in [-0.2, 0) is 20.2 Å². The van der Waals surface area contributed by atoms with E-state index in [0.717, 1.165) is 24.3 Å². The smallest absolute Gasteiger partial charge is 0.339 e. The fourth-order valence-electron chi connectivity index (χ4n) is 2.17. The fraction of sp³-hybridized carbons (Fsp3) is 0. The minimum absolute atomic E-state index is 0.0811. The highest BCUT2D eigenvalue weighted by molar-refractivity contribution is 7.87. The van der Waals surface area contributed by atoms with Crippen LogP contribution in [0.5, 0.6) is 11.5 Å². The standard InChI is InChI=1S/C18H16N2O6S2/c19-13-1-5-15(6-2-13)25-27(21,22)17-9-11-18(12-10-17)28(23,24)26-16-7-3-14(20)4-8-16/h1-12H,19-20H2. The molecule has 0 saturated carbocycles. The van der Waals surface area contributed by atoms with Crippen molar-refractivity contribution in [2.45, 2.75) is 9.79 Å². The highest BCUT2D eigenvalue weighted by Crippen LogP contribution is 2.23. The molecule has 0 aliphatic carbocycles. The van der Waals surface area contributed by atoms with E-state index in [1.807, 2.05) is 0 Å². The van der Waals surface area contributed by atoms with E-state index in [2.05, 4.69) is 0 Å². The van der Waals surface area contributed by atoms with Gasteiger partial charge in [0.15, 0.2) is 0 Å². The van der Waals surface area contributed by atoms with E-state index in [0.29, 0.717) is 11.4 Å². The van der Waals surface area contributed by atoms with Crippen molar-refractivity contribution in [3.63, 3.8) is 0 Å². The largest absolute Gasteiger partial charge is 0.399 e. The van der Waals surface area contributed by atoms with Crippen molar-refractivity contribution < 1.29 is 25.2 Å². The second kappa shape index (κ2) is 7.41. The Bertz CT molecular complexity index is 1080. The summed E-state index contributed by atoms with van der Waals surface area (Å²) in [6.45, 7) is 0. The van der Waals surface area contributed by atoms with Crippen LogP contribution in [0.25, 0.3) is 0 Å². The lowest BCUT2D eigenvalue weighted by Gasteiger charge is -2.09. The van der Waals surface area contributed by atoms with Gasteiger partial charge in [-0.05, 0) is 72.8 Å². The summed E-state index contributed by atoms with van der Waals surface area (Å²) in [4.78, 5) is -0.425. The van der Waals surface area contributed by atoms with E-state index in [4.69, 9.17) is 19.8 Å². The fourth-order valence-corrected chi connectivity index (χ4v) is 4.03. The number of rotatable bonds is 6. The summed E-state index contributed by atoms with van der Waals surface area (Å²) in [5.74, 6) is 0.162. The van der Waals surface area contributed by atoms with Crippen LogP contribution in [0.4, 0.5) is 11.4 Å². The molecule has 0 aromatic heterocycles. The van der Waals surface area contributed by atoms with Crippen molar-refractivity contribution in [3.05, 3.63) is 72.8 Å². The number of nitrogens with two attached hydrogens (primary N) is 2. The zero-order chi connectivity index (χ0) is 20.4. The average molecular weight is 420 g/mol. The van der Waals surface area contributed by atoms with Gasteiger partial charge in [0.05, 0.1) is 0 Å². The van der Waals surface area contributed by atoms with Crippen LogP contribution in [0.2, 0.25) is 0 Å². The summed E-state index contributed by atoms with van der Waals surface area (Å²) in [5.41, 5.74) is 12.0. The maximum absolute atomic E-state index is 12.3.